The van der Waals surface area contributed by atoms with Gasteiger partial charge in [0.15, 0.2) is 0 Å². The minimum absolute atomic E-state index is 0.377. The van der Waals surface area contributed by atoms with Crippen molar-refractivity contribution in [1.82, 2.24) is 0 Å². The molecule has 1 saturated carbocycles. The summed E-state index contributed by atoms with van der Waals surface area (Å²) in [4.78, 5) is 0. The summed E-state index contributed by atoms with van der Waals surface area (Å²) in [6.45, 7) is 2.75. The zero-order chi connectivity index (χ0) is 8.81. The molecule has 2 atom stereocenters. The van der Waals surface area contributed by atoms with Crippen LogP contribution in [0.15, 0.2) is 0 Å². The second-order valence-corrected chi connectivity index (χ2v) is 4.36. The molecule has 0 aromatic carbocycles. The molecule has 1 aliphatic carbocycles. The predicted molar refractivity (Wildman–Crippen MR) is 52.1 cm³/mol. The maximum Gasteiger partial charge on any atom is 0.0431 e. The van der Waals surface area contributed by atoms with Crippen LogP contribution in [0.25, 0.3) is 0 Å². The molecule has 0 aliphatic heterocycles. The highest BCUT2D eigenvalue weighted by molar-refractivity contribution is 4.70. The van der Waals surface area contributed by atoms with E-state index in [9.17, 15) is 0 Å². The third-order valence-electron chi connectivity index (χ3n) is 3.07. The Morgan fingerprint density at radius 2 is 2.08 bits per heavy atom. The SMILES string of the molecule is CC1CCCC(CCCCO)C1. The Bertz CT molecular complexity index is 112. The first-order valence-electron chi connectivity index (χ1n) is 5.43. The van der Waals surface area contributed by atoms with Crippen molar-refractivity contribution in [3.8, 4) is 0 Å². The van der Waals surface area contributed by atoms with E-state index in [0.717, 1.165) is 18.3 Å². The van der Waals surface area contributed by atoms with Crippen LogP contribution in [0.4, 0.5) is 0 Å². The van der Waals surface area contributed by atoms with Gasteiger partial charge in [-0.25, -0.2) is 0 Å². The van der Waals surface area contributed by atoms with Gasteiger partial charge < -0.3 is 5.11 Å². The Kier molecular flexibility index (Phi) is 4.67. The largest absolute Gasteiger partial charge is 0.396 e. The van der Waals surface area contributed by atoms with Crippen LogP contribution in [-0.2, 0) is 0 Å². The van der Waals surface area contributed by atoms with Gasteiger partial charge in [-0.15, -0.1) is 0 Å². The number of unbranched alkanes of at least 4 members (excludes halogenated alkanes) is 1. The van der Waals surface area contributed by atoms with Gasteiger partial charge in [0, 0.05) is 6.61 Å². The van der Waals surface area contributed by atoms with Crippen LogP contribution >= 0.6 is 0 Å². The van der Waals surface area contributed by atoms with Crippen molar-refractivity contribution in [3.63, 3.8) is 0 Å². The molecule has 1 rings (SSSR count). The Balaban J connectivity index is 2.06. The van der Waals surface area contributed by atoms with Gasteiger partial charge >= 0.3 is 0 Å². The third kappa shape index (κ3) is 3.57. The summed E-state index contributed by atoms with van der Waals surface area (Å²) in [6.07, 6.45) is 9.34. The fourth-order valence-electron chi connectivity index (χ4n) is 2.37. The van der Waals surface area contributed by atoms with Gasteiger partial charge in [-0.3, -0.25) is 0 Å². The van der Waals surface area contributed by atoms with Gasteiger partial charge in [0.2, 0.25) is 0 Å². The first-order valence-corrected chi connectivity index (χ1v) is 5.43. The summed E-state index contributed by atoms with van der Waals surface area (Å²) in [7, 11) is 0. The van der Waals surface area contributed by atoms with Gasteiger partial charge in [0.1, 0.15) is 0 Å². The summed E-state index contributed by atoms with van der Waals surface area (Å²) in [5.41, 5.74) is 0. The van der Waals surface area contributed by atoms with Crippen molar-refractivity contribution in [2.45, 2.75) is 51.9 Å². The molecule has 1 aliphatic rings. The lowest BCUT2D eigenvalue weighted by Crippen LogP contribution is -2.13. The quantitative estimate of drug-likeness (QED) is 0.643. The summed E-state index contributed by atoms with van der Waals surface area (Å²) < 4.78 is 0. The highest BCUT2D eigenvalue weighted by Gasteiger charge is 2.17. The molecule has 1 nitrogen and oxygen atoms in total. The molecule has 12 heavy (non-hydrogen) atoms. The maximum atomic E-state index is 8.65. The van der Waals surface area contributed by atoms with Crippen LogP contribution in [0.1, 0.15) is 51.9 Å². The zero-order valence-electron chi connectivity index (χ0n) is 8.26. The normalized spacial score (nSPS) is 30.5. The zero-order valence-corrected chi connectivity index (χ0v) is 8.26. The van der Waals surface area contributed by atoms with Crippen molar-refractivity contribution < 1.29 is 5.11 Å². The van der Waals surface area contributed by atoms with Gasteiger partial charge in [-0.05, 0) is 24.7 Å². The lowest BCUT2D eigenvalue weighted by atomic mass is 9.80. The van der Waals surface area contributed by atoms with E-state index in [0.29, 0.717) is 6.61 Å². The monoisotopic (exact) mass is 170 g/mol. The Morgan fingerprint density at radius 3 is 2.75 bits per heavy atom. The van der Waals surface area contributed by atoms with Crippen LogP contribution in [0.5, 0.6) is 0 Å². The van der Waals surface area contributed by atoms with E-state index in [-0.39, 0.29) is 0 Å². The van der Waals surface area contributed by atoms with Crippen molar-refractivity contribution in [1.29, 1.82) is 0 Å². The van der Waals surface area contributed by atoms with Crippen LogP contribution in [0.2, 0.25) is 0 Å². The van der Waals surface area contributed by atoms with E-state index >= 15 is 0 Å². The average Bonchev–Trinajstić information content (AvgIpc) is 2.05. The molecule has 1 fully saturated rings. The molecule has 1 N–H and O–H groups in total. The molecule has 0 aromatic heterocycles. The van der Waals surface area contributed by atoms with Crippen LogP contribution < -0.4 is 0 Å². The highest BCUT2D eigenvalue weighted by atomic mass is 16.2. The lowest BCUT2D eigenvalue weighted by Gasteiger charge is -2.26. The van der Waals surface area contributed by atoms with Gasteiger partial charge in [0.05, 0.1) is 0 Å². The van der Waals surface area contributed by atoms with Crippen molar-refractivity contribution in [3.05, 3.63) is 0 Å². The number of aliphatic hydroxyl groups is 1. The number of hydrogen-bond donors (Lipinski definition) is 1. The molecule has 72 valence electrons. The fraction of sp³-hybridized carbons (Fsp3) is 1.00. The number of aliphatic hydroxyl groups excluding tert-OH is 1. The second kappa shape index (κ2) is 5.58. The number of rotatable bonds is 4. The van der Waals surface area contributed by atoms with Gasteiger partial charge in [-0.2, -0.15) is 0 Å². The molecule has 2 unspecified atom stereocenters. The second-order valence-electron chi connectivity index (χ2n) is 4.36. The highest BCUT2D eigenvalue weighted by Crippen LogP contribution is 2.31. The van der Waals surface area contributed by atoms with E-state index in [1.54, 1.807) is 0 Å². The van der Waals surface area contributed by atoms with Crippen molar-refractivity contribution in [2.75, 3.05) is 6.61 Å². The fourth-order valence-corrected chi connectivity index (χ4v) is 2.37. The van der Waals surface area contributed by atoms with Crippen LogP contribution in [0.3, 0.4) is 0 Å². The Morgan fingerprint density at radius 1 is 1.25 bits per heavy atom. The van der Waals surface area contributed by atoms with Gasteiger partial charge in [-0.1, -0.05) is 39.0 Å². The van der Waals surface area contributed by atoms with Crippen LogP contribution in [0, 0.1) is 11.8 Å². The molecule has 0 amide bonds. The molecular formula is C11H22O. The summed E-state index contributed by atoms with van der Waals surface area (Å²) in [5, 5.41) is 8.65. The molecule has 1 heteroatoms. The smallest absolute Gasteiger partial charge is 0.0431 e. The molecule has 0 saturated heterocycles. The van der Waals surface area contributed by atoms with E-state index in [4.69, 9.17) is 5.11 Å². The number of hydrogen-bond acceptors (Lipinski definition) is 1. The predicted octanol–water partition coefficient (Wildman–Crippen LogP) is 2.98. The van der Waals surface area contributed by atoms with E-state index in [1.807, 2.05) is 0 Å². The molecule has 0 heterocycles. The minimum Gasteiger partial charge on any atom is -0.396 e. The van der Waals surface area contributed by atoms with Crippen molar-refractivity contribution >= 4 is 0 Å². The molecule has 0 spiro atoms. The summed E-state index contributed by atoms with van der Waals surface area (Å²) >= 11 is 0. The third-order valence-corrected chi connectivity index (χ3v) is 3.07. The molecular weight excluding hydrogens is 148 g/mol. The Labute approximate surface area is 76.2 Å². The maximum absolute atomic E-state index is 8.65. The van der Waals surface area contributed by atoms with Crippen LogP contribution in [-0.4, -0.2) is 11.7 Å². The molecule has 0 aromatic rings. The lowest BCUT2D eigenvalue weighted by molar-refractivity contribution is 0.245. The first-order chi connectivity index (χ1) is 5.83. The van der Waals surface area contributed by atoms with Gasteiger partial charge in [0.25, 0.3) is 0 Å². The Hall–Kier alpha value is -0.0400. The van der Waals surface area contributed by atoms with E-state index in [1.165, 1.54) is 38.5 Å². The summed E-state index contributed by atoms with van der Waals surface area (Å²) in [5.74, 6) is 1.93. The molecule has 0 bridgehead atoms. The summed E-state index contributed by atoms with van der Waals surface area (Å²) in [6, 6.07) is 0. The average molecular weight is 170 g/mol. The topological polar surface area (TPSA) is 20.2 Å². The molecule has 0 radical (unpaired) electrons. The standard InChI is InChI=1S/C11H22O/c1-10-5-4-7-11(9-10)6-2-3-8-12/h10-12H,2-9H2,1H3. The first kappa shape index (κ1) is 10.0. The van der Waals surface area contributed by atoms with E-state index < -0.39 is 0 Å². The van der Waals surface area contributed by atoms with E-state index in [2.05, 4.69) is 6.92 Å². The van der Waals surface area contributed by atoms with Crippen molar-refractivity contribution in [2.24, 2.45) is 11.8 Å². The minimum atomic E-state index is 0.377.